The number of benzene rings is 4. The van der Waals surface area contributed by atoms with Crippen LogP contribution in [0, 0.1) is 11.8 Å². The van der Waals surface area contributed by atoms with Gasteiger partial charge >= 0.3 is 0 Å². The molecule has 0 unspecified atom stereocenters. The summed E-state index contributed by atoms with van der Waals surface area (Å²) in [4.78, 5) is 47.5. The number of nitrogens with zero attached hydrogens (tertiary/aromatic N) is 4. The molecule has 0 saturated carbocycles. The Morgan fingerprint density at radius 3 is 1.76 bits per heavy atom. The predicted octanol–water partition coefficient (Wildman–Crippen LogP) is 7.71. The molecule has 0 radical (unpaired) electrons. The van der Waals surface area contributed by atoms with Gasteiger partial charge in [0.25, 0.3) is 11.1 Å². The first-order valence-corrected chi connectivity index (χ1v) is 17.2. The lowest BCUT2D eigenvalue weighted by Crippen LogP contribution is -2.24. The van der Waals surface area contributed by atoms with Gasteiger partial charge in [0, 0.05) is 49.0 Å². The summed E-state index contributed by atoms with van der Waals surface area (Å²) in [5.74, 6) is 8.13. The van der Waals surface area contributed by atoms with Crippen molar-refractivity contribution >= 4 is 27.6 Å². The monoisotopic (exact) mass is 662 g/mol. The van der Waals surface area contributed by atoms with E-state index in [1.165, 1.54) is 0 Å². The van der Waals surface area contributed by atoms with Crippen LogP contribution >= 0.6 is 0 Å². The summed E-state index contributed by atoms with van der Waals surface area (Å²) in [7, 11) is 0. The van der Waals surface area contributed by atoms with Gasteiger partial charge in [0.05, 0.1) is 21.8 Å². The van der Waals surface area contributed by atoms with Gasteiger partial charge in [-0.2, -0.15) is 0 Å². The lowest BCUT2D eigenvalue weighted by Gasteiger charge is -2.10. The topological polar surface area (TPSA) is 86.8 Å². The third kappa shape index (κ3) is 7.66. The third-order valence-corrected chi connectivity index (χ3v) is 9.29. The Labute approximate surface area is 292 Å². The number of Topliss-reactive ketones (excluding diaryl/α,β-unsaturated/α-hetero) is 1. The average molecular weight is 663 g/mol. The van der Waals surface area contributed by atoms with Gasteiger partial charge in [-0.1, -0.05) is 86.7 Å². The van der Waals surface area contributed by atoms with Gasteiger partial charge in [-0.25, -0.2) is 9.97 Å². The van der Waals surface area contributed by atoms with Crippen molar-refractivity contribution in [3.8, 4) is 11.8 Å². The van der Waals surface area contributed by atoms with Crippen molar-refractivity contribution in [3.05, 3.63) is 152 Å². The van der Waals surface area contributed by atoms with Gasteiger partial charge in [0.15, 0.2) is 5.78 Å². The normalized spacial score (nSPS) is 13.6. The van der Waals surface area contributed by atoms with Crippen LogP contribution in [0.3, 0.4) is 0 Å². The highest BCUT2D eigenvalue weighted by Crippen LogP contribution is 2.19. The van der Waals surface area contributed by atoms with Gasteiger partial charge in [-0.05, 0) is 73.7 Å². The van der Waals surface area contributed by atoms with Crippen LogP contribution in [0.2, 0.25) is 0 Å². The molecule has 2 aliphatic rings. The van der Waals surface area contributed by atoms with E-state index in [1.807, 2.05) is 83.4 Å². The summed E-state index contributed by atoms with van der Waals surface area (Å²) in [5, 5.41) is 1.29. The summed E-state index contributed by atoms with van der Waals surface area (Å²) in [6.07, 6.45) is 8.59. The van der Waals surface area contributed by atoms with E-state index >= 15 is 0 Å². The van der Waals surface area contributed by atoms with Gasteiger partial charge in [0.2, 0.25) is 0 Å². The zero-order valence-electron chi connectivity index (χ0n) is 27.5. The quantitative estimate of drug-likeness (QED) is 0.143. The Balaban J connectivity index is 0.000000170. The molecule has 2 aromatic heterocycles. The number of ketones is 1. The summed E-state index contributed by atoms with van der Waals surface area (Å²) in [6, 6.07) is 30.6. The molecule has 252 valence electrons. The number of carbonyl (C=O) groups is 1. The largest absolute Gasteiger partial charge is 0.296 e. The molecule has 6 aromatic rings. The number of hydrogen-bond donors (Lipinski definition) is 0. The van der Waals surface area contributed by atoms with E-state index in [9.17, 15) is 14.4 Å². The Morgan fingerprint density at radius 1 is 0.600 bits per heavy atom. The van der Waals surface area contributed by atoms with Crippen LogP contribution in [-0.4, -0.2) is 24.9 Å². The first-order valence-electron chi connectivity index (χ1n) is 17.2. The molecule has 7 nitrogen and oxygen atoms in total. The minimum atomic E-state index is 0. The Morgan fingerprint density at radius 2 is 1.14 bits per heavy atom. The van der Waals surface area contributed by atoms with Crippen LogP contribution in [0.5, 0.6) is 0 Å². The van der Waals surface area contributed by atoms with Crippen LogP contribution in [0.25, 0.3) is 21.8 Å². The summed E-state index contributed by atoms with van der Waals surface area (Å²) in [5.41, 5.74) is 4.96. The fourth-order valence-corrected chi connectivity index (χ4v) is 6.64. The molecule has 4 heterocycles. The van der Waals surface area contributed by atoms with E-state index in [-0.39, 0.29) is 24.3 Å². The van der Waals surface area contributed by atoms with Gasteiger partial charge < -0.3 is 0 Å². The summed E-state index contributed by atoms with van der Waals surface area (Å²) in [6.45, 7) is 1.53. The minimum Gasteiger partial charge on any atom is -0.296 e. The second-order valence-electron chi connectivity index (χ2n) is 12.8. The maximum absolute atomic E-state index is 12.7. The van der Waals surface area contributed by atoms with E-state index in [2.05, 4.69) is 11.8 Å². The molecular formula is C43H42N4O3. The first-order chi connectivity index (χ1) is 24.0. The highest BCUT2D eigenvalue weighted by molar-refractivity contribution is 6.00. The number of rotatable bonds is 3. The van der Waals surface area contributed by atoms with E-state index in [4.69, 9.17) is 9.97 Å². The Hall–Kier alpha value is -5.61. The Bertz CT molecular complexity index is 2330. The van der Waals surface area contributed by atoms with Crippen molar-refractivity contribution in [1.29, 1.82) is 0 Å². The van der Waals surface area contributed by atoms with Crippen LogP contribution in [-0.2, 0) is 32.4 Å². The maximum Gasteiger partial charge on any atom is 0.261 e. The molecule has 7 heteroatoms. The molecule has 0 aliphatic carbocycles. The number of hydrogen-bond acceptors (Lipinski definition) is 5. The molecule has 0 spiro atoms. The van der Waals surface area contributed by atoms with Crippen LogP contribution < -0.4 is 11.1 Å². The first kappa shape index (κ1) is 34.3. The molecule has 4 aromatic carbocycles. The minimum absolute atomic E-state index is 0. The second kappa shape index (κ2) is 15.7. The smallest absolute Gasteiger partial charge is 0.261 e. The van der Waals surface area contributed by atoms with E-state index in [0.29, 0.717) is 28.3 Å². The molecule has 0 fully saturated rings. The standard InChI is InChI=1S/C21H20N2O2.C21H18N2O.CH4/c24-19(13-15-7-3-1-4-8-15)16-10-11-17-18(14-16)22-20-9-5-2-6-12-23(20)21(17)25;24-21-18-13-12-17(11-10-16-7-3-1-4-8-16)15-19(18)22-20-9-5-2-6-14-23(20)21;/h1,3-4,7-8,10-11,14H,2,5-6,9,12-13H2;1,3-4,7-8,12-13,15H,2,5-6,9,14H2;1H4. The second-order valence-corrected chi connectivity index (χ2v) is 12.8. The molecule has 2 aliphatic heterocycles. The maximum atomic E-state index is 12.7. The fraction of sp³-hybridized carbons (Fsp3) is 0.279. The molecule has 0 bridgehead atoms. The lowest BCUT2D eigenvalue weighted by atomic mass is 10.0. The molecule has 0 atom stereocenters. The van der Waals surface area contributed by atoms with Crippen molar-refractivity contribution in [1.82, 2.24) is 19.1 Å². The van der Waals surface area contributed by atoms with Crippen LogP contribution in [0.15, 0.2) is 107 Å². The number of fused-ring (bicyclic) bond motifs is 4. The van der Waals surface area contributed by atoms with Gasteiger partial charge in [-0.15, -0.1) is 0 Å². The molecule has 0 N–H and O–H groups in total. The molecule has 0 saturated heterocycles. The van der Waals surface area contributed by atoms with Crippen LogP contribution in [0.4, 0.5) is 0 Å². The van der Waals surface area contributed by atoms with E-state index < -0.39 is 0 Å². The van der Waals surface area contributed by atoms with Crippen molar-refractivity contribution in [2.45, 2.75) is 78.3 Å². The molecule has 0 amide bonds. The Kier molecular flexibility index (Phi) is 10.8. The SMILES string of the molecule is C.O=C(Cc1ccccc1)c1ccc2c(=O)n3c(nc2c1)CCCCC3.O=c1c2ccc(C#Cc3ccccc3)cc2nc2n1CCCCC2. The summed E-state index contributed by atoms with van der Waals surface area (Å²) < 4.78 is 3.66. The van der Waals surface area contributed by atoms with Crippen molar-refractivity contribution < 1.29 is 4.79 Å². The lowest BCUT2D eigenvalue weighted by molar-refractivity contribution is 0.0993. The van der Waals surface area contributed by atoms with Gasteiger partial charge in [0.1, 0.15) is 11.6 Å². The highest BCUT2D eigenvalue weighted by atomic mass is 16.1. The van der Waals surface area contributed by atoms with E-state index in [0.717, 1.165) is 98.3 Å². The number of aromatic nitrogens is 4. The predicted molar refractivity (Wildman–Crippen MR) is 201 cm³/mol. The molecular weight excluding hydrogens is 620 g/mol. The highest BCUT2D eigenvalue weighted by Gasteiger charge is 2.16. The van der Waals surface area contributed by atoms with E-state index in [1.54, 1.807) is 22.8 Å². The van der Waals surface area contributed by atoms with Crippen molar-refractivity contribution in [2.24, 2.45) is 0 Å². The number of aryl methyl sites for hydroxylation is 2. The van der Waals surface area contributed by atoms with Crippen LogP contribution in [0.1, 0.15) is 84.6 Å². The van der Waals surface area contributed by atoms with Gasteiger partial charge in [-0.3, -0.25) is 23.5 Å². The zero-order valence-corrected chi connectivity index (χ0v) is 27.5. The average Bonchev–Trinajstić information content (AvgIpc) is 3.53. The molecule has 8 rings (SSSR count). The molecule has 50 heavy (non-hydrogen) atoms. The fourth-order valence-electron chi connectivity index (χ4n) is 6.64. The van der Waals surface area contributed by atoms with Crippen molar-refractivity contribution in [2.75, 3.05) is 0 Å². The summed E-state index contributed by atoms with van der Waals surface area (Å²) >= 11 is 0. The van der Waals surface area contributed by atoms with Crippen molar-refractivity contribution in [3.63, 3.8) is 0 Å². The number of carbonyl (C=O) groups excluding carboxylic acids is 1. The zero-order chi connectivity index (χ0) is 33.6. The third-order valence-electron chi connectivity index (χ3n) is 9.29.